The zero-order valence-corrected chi connectivity index (χ0v) is 4.94. The summed E-state index contributed by atoms with van der Waals surface area (Å²) in [5, 5.41) is 8.00. The van der Waals surface area contributed by atoms with Gasteiger partial charge in [-0.2, -0.15) is 0 Å². The molecule has 0 aliphatic heterocycles. The van der Waals surface area contributed by atoms with Crippen LogP contribution in [0.5, 0.6) is 0 Å². The number of rotatable bonds is 2. The molecular weight excluding hydrogens is 112 g/mol. The molecular formula is C4H8O2S. The summed E-state index contributed by atoms with van der Waals surface area (Å²) in [6, 6.07) is 0. The van der Waals surface area contributed by atoms with Gasteiger partial charge >= 0.3 is 0 Å². The van der Waals surface area contributed by atoms with Crippen molar-refractivity contribution in [3.8, 4) is 0 Å². The van der Waals surface area contributed by atoms with Gasteiger partial charge in [0, 0.05) is 22.8 Å². The Bertz CT molecular complexity index is 87.7. The molecule has 0 aromatic carbocycles. The van der Waals surface area contributed by atoms with Crippen LogP contribution in [0.15, 0.2) is 12.3 Å². The van der Waals surface area contributed by atoms with Crippen molar-refractivity contribution in [2.75, 3.05) is 12.0 Å². The zero-order chi connectivity index (χ0) is 5.70. The lowest BCUT2D eigenvalue weighted by Crippen LogP contribution is -1.87. The molecule has 0 spiro atoms. The van der Waals surface area contributed by atoms with E-state index in [-0.39, 0.29) is 0 Å². The van der Waals surface area contributed by atoms with Crippen molar-refractivity contribution in [3.63, 3.8) is 0 Å². The Kier molecular flexibility index (Phi) is 3.69. The molecule has 1 N–H and O–H groups in total. The zero-order valence-electron chi connectivity index (χ0n) is 4.13. The van der Waals surface area contributed by atoms with Crippen LogP contribution < -0.4 is 0 Å². The van der Waals surface area contributed by atoms with Crippen molar-refractivity contribution < 1.29 is 9.32 Å². The van der Waals surface area contributed by atoms with Crippen LogP contribution in [-0.2, 0) is 10.8 Å². The van der Waals surface area contributed by atoms with Crippen LogP contribution in [0.25, 0.3) is 0 Å². The van der Waals surface area contributed by atoms with Gasteiger partial charge in [-0.1, -0.05) is 0 Å². The van der Waals surface area contributed by atoms with Gasteiger partial charge in [0.15, 0.2) is 0 Å². The Morgan fingerprint density at radius 2 is 2.43 bits per heavy atom. The van der Waals surface area contributed by atoms with Crippen LogP contribution in [0.4, 0.5) is 0 Å². The second-order valence-corrected chi connectivity index (χ2v) is 2.60. The standard InChI is InChI=1S/C4H8O2S/c1-7(6)4-2-3-5/h2-3,5H,4H2,1H3. The van der Waals surface area contributed by atoms with Crippen LogP contribution in [0, 0.1) is 0 Å². The number of aliphatic hydroxyl groups excluding tert-OH is 1. The molecule has 0 aromatic heterocycles. The topological polar surface area (TPSA) is 37.3 Å². The summed E-state index contributed by atoms with van der Waals surface area (Å²) in [5.74, 6) is 0.441. The largest absolute Gasteiger partial charge is 0.516 e. The highest BCUT2D eigenvalue weighted by Gasteiger charge is 1.79. The van der Waals surface area contributed by atoms with Gasteiger partial charge < -0.3 is 5.11 Å². The molecule has 1 unspecified atom stereocenters. The molecule has 0 aliphatic rings. The van der Waals surface area contributed by atoms with Gasteiger partial charge in [0.25, 0.3) is 0 Å². The van der Waals surface area contributed by atoms with E-state index < -0.39 is 10.8 Å². The fraction of sp³-hybridized carbons (Fsp3) is 0.500. The van der Waals surface area contributed by atoms with Gasteiger partial charge in [-0.05, 0) is 6.08 Å². The summed E-state index contributed by atoms with van der Waals surface area (Å²) in [7, 11) is -0.812. The summed E-state index contributed by atoms with van der Waals surface area (Å²) in [6.45, 7) is 0. The van der Waals surface area contributed by atoms with E-state index in [4.69, 9.17) is 5.11 Å². The quantitative estimate of drug-likeness (QED) is 0.537. The van der Waals surface area contributed by atoms with Crippen LogP contribution in [0.2, 0.25) is 0 Å². The Morgan fingerprint density at radius 3 is 2.57 bits per heavy atom. The van der Waals surface area contributed by atoms with Gasteiger partial charge in [0.1, 0.15) is 0 Å². The van der Waals surface area contributed by atoms with E-state index in [9.17, 15) is 4.21 Å². The smallest absolute Gasteiger partial charge is 0.0761 e. The van der Waals surface area contributed by atoms with Crippen molar-refractivity contribution in [3.05, 3.63) is 12.3 Å². The molecule has 0 aliphatic carbocycles. The SMILES string of the molecule is CS(=O)CC=CO. The molecule has 0 saturated heterocycles. The number of hydrogen-bond donors (Lipinski definition) is 1. The summed E-state index contributed by atoms with van der Waals surface area (Å²) in [6.07, 6.45) is 3.94. The maximum Gasteiger partial charge on any atom is 0.0761 e. The fourth-order valence-electron chi connectivity index (χ4n) is 0.179. The van der Waals surface area contributed by atoms with E-state index in [1.54, 1.807) is 6.26 Å². The normalized spacial score (nSPS) is 15.0. The summed E-state index contributed by atoms with van der Waals surface area (Å²) in [5.41, 5.74) is 0. The van der Waals surface area contributed by atoms with E-state index >= 15 is 0 Å². The van der Waals surface area contributed by atoms with Crippen LogP contribution in [0.3, 0.4) is 0 Å². The van der Waals surface area contributed by atoms with Gasteiger partial charge in [-0.25, -0.2) is 0 Å². The second-order valence-electron chi connectivity index (χ2n) is 1.12. The van der Waals surface area contributed by atoms with Crippen molar-refractivity contribution in [1.82, 2.24) is 0 Å². The molecule has 0 rings (SSSR count). The van der Waals surface area contributed by atoms with Crippen molar-refractivity contribution in [1.29, 1.82) is 0 Å². The Morgan fingerprint density at radius 1 is 1.86 bits per heavy atom. The fourth-order valence-corrected chi connectivity index (χ4v) is 0.536. The average Bonchev–Trinajstić information content (AvgIpc) is 1.61. The van der Waals surface area contributed by atoms with Crippen molar-refractivity contribution >= 4 is 10.8 Å². The maximum absolute atomic E-state index is 10.2. The minimum absolute atomic E-state index is 0.441. The number of hydrogen-bond acceptors (Lipinski definition) is 2. The molecule has 0 radical (unpaired) electrons. The third kappa shape index (κ3) is 5.69. The average molecular weight is 120 g/mol. The molecule has 2 nitrogen and oxygen atoms in total. The molecule has 0 heterocycles. The third-order valence-electron chi connectivity index (χ3n) is 0.436. The lowest BCUT2D eigenvalue weighted by atomic mass is 10.7. The van der Waals surface area contributed by atoms with E-state index in [2.05, 4.69) is 0 Å². The first-order chi connectivity index (χ1) is 3.27. The minimum Gasteiger partial charge on any atom is -0.516 e. The van der Waals surface area contributed by atoms with Crippen molar-refractivity contribution in [2.45, 2.75) is 0 Å². The van der Waals surface area contributed by atoms with Gasteiger partial charge in [-0.3, -0.25) is 4.21 Å². The third-order valence-corrected chi connectivity index (χ3v) is 1.10. The Balaban J connectivity index is 3.14. The van der Waals surface area contributed by atoms with Crippen LogP contribution in [-0.4, -0.2) is 21.3 Å². The van der Waals surface area contributed by atoms with Crippen molar-refractivity contribution in [2.24, 2.45) is 0 Å². The first-order valence-corrected chi connectivity index (χ1v) is 3.59. The molecule has 0 fully saturated rings. The van der Waals surface area contributed by atoms with Crippen LogP contribution in [0.1, 0.15) is 0 Å². The predicted molar refractivity (Wildman–Crippen MR) is 30.7 cm³/mol. The van der Waals surface area contributed by atoms with Gasteiger partial charge in [-0.15, -0.1) is 0 Å². The van der Waals surface area contributed by atoms with E-state index in [0.717, 1.165) is 6.26 Å². The lowest BCUT2D eigenvalue weighted by Gasteiger charge is -1.79. The van der Waals surface area contributed by atoms with E-state index in [0.29, 0.717) is 5.75 Å². The minimum atomic E-state index is -0.812. The molecule has 42 valence electrons. The molecule has 1 atom stereocenters. The molecule has 0 amide bonds. The summed E-state index contributed by atoms with van der Waals surface area (Å²) >= 11 is 0. The molecule has 3 heteroatoms. The Labute approximate surface area is 45.3 Å². The first-order valence-electron chi connectivity index (χ1n) is 1.86. The molecule has 7 heavy (non-hydrogen) atoms. The molecule has 0 aromatic rings. The highest BCUT2D eigenvalue weighted by atomic mass is 32.2. The summed E-state index contributed by atoms with van der Waals surface area (Å²) < 4.78 is 10.2. The first kappa shape index (κ1) is 6.69. The maximum atomic E-state index is 10.2. The summed E-state index contributed by atoms with van der Waals surface area (Å²) in [4.78, 5) is 0. The van der Waals surface area contributed by atoms with Gasteiger partial charge in [0.05, 0.1) is 6.26 Å². The van der Waals surface area contributed by atoms with Gasteiger partial charge in [0.2, 0.25) is 0 Å². The number of aliphatic hydroxyl groups is 1. The highest BCUT2D eigenvalue weighted by Crippen LogP contribution is 1.73. The predicted octanol–water partition coefficient (Wildman–Crippen LogP) is 0.437. The molecule has 0 saturated carbocycles. The van der Waals surface area contributed by atoms with Crippen LogP contribution >= 0.6 is 0 Å². The molecule has 0 bridgehead atoms. The lowest BCUT2D eigenvalue weighted by molar-refractivity contribution is 0.472. The monoisotopic (exact) mass is 120 g/mol. The second kappa shape index (κ2) is 3.87. The highest BCUT2D eigenvalue weighted by molar-refractivity contribution is 7.84. The Hall–Kier alpha value is -0.310. The van der Waals surface area contributed by atoms with E-state index in [1.807, 2.05) is 0 Å². The van der Waals surface area contributed by atoms with E-state index in [1.165, 1.54) is 6.08 Å².